The van der Waals surface area contributed by atoms with E-state index in [4.69, 9.17) is 9.47 Å². The summed E-state index contributed by atoms with van der Waals surface area (Å²) in [6.07, 6.45) is 2.62. The van der Waals surface area contributed by atoms with Crippen molar-refractivity contribution < 1.29 is 22.7 Å². The average Bonchev–Trinajstić information content (AvgIpc) is 2.55. The zero-order valence-electron chi connectivity index (χ0n) is 14.4. The quantitative estimate of drug-likeness (QED) is 0.604. The number of hydrogen-bond acceptors (Lipinski definition) is 5. The van der Waals surface area contributed by atoms with Crippen LogP contribution in [0.5, 0.6) is 5.75 Å². The highest BCUT2D eigenvalue weighted by Crippen LogP contribution is 2.21. The molecule has 0 radical (unpaired) electrons. The van der Waals surface area contributed by atoms with Gasteiger partial charge in [0.1, 0.15) is 5.75 Å². The molecule has 0 aliphatic rings. The Morgan fingerprint density at radius 3 is 2.38 bits per heavy atom. The molecule has 8 heteroatoms. The van der Waals surface area contributed by atoms with Crippen molar-refractivity contribution in [1.82, 2.24) is 5.32 Å². The third-order valence-corrected chi connectivity index (χ3v) is 4.57. The topological polar surface area (TPSA) is 84.9 Å². The number of amides is 1. The molecule has 1 rings (SSSR count). The van der Waals surface area contributed by atoms with Crippen molar-refractivity contribution in [2.45, 2.75) is 19.3 Å². The maximum atomic E-state index is 12.0. The van der Waals surface area contributed by atoms with E-state index < -0.39 is 10.0 Å². The minimum Gasteiger partial charge on any atom is -0.497 e. The Balaban J connectivity index is 2.54. The SMILES string of the molecule is COCCCNC(=O)CCCN(c1ccc(OC)cc1)S(C)(=O)=O. The molecule has 0 fully saturated rings. The first kappa shape index (κ1) is 20.2. The summed E-state index contributed by atoms with van der Waals surface area (Å²) in [5, 5.41) is 2.78. The molecule has 1 aromatic rings. The summed E-state index contributed by atoms with van der Waals surface area (Å²) in [7, 11) is -0.253. The molecule has 1 aromatic carbocycles. The zero-order valence-corrected chi connectivity index (χ0v) is 15.3. The Bertz CT molecular complexity index is 601. The number of nitrogens with zero attached hydrogens (tertiary/aromatic N) is 1. The summed E-state index contributed by atoms with van der Waals surface area (Å²) in [6, 6.07) is 6.78. The number of anilines is 1. The number of methoxy groups -OCH3 is 2. The Labute approximate surface area is 144 Å². The first-order valence-electron chi connectivity index (χ1n) is 7.76. The van der Waals surface area contributed by atoms with Crippen LogP contribution in [-0.2, 0) is 19.6 Å². The summed E-state index contributed by atoms with van der Waals surface area (Å²) in [5.74, 6) is 0.567. The first-order valence-corrected chi connectivity index (χ1v) is 9.60. The van der Waals surface area contributed by atoms with Gasteiger partial charge in [0.25, 0.3) is 0 Å². The average molecular weight is 358 g/mol. The van der Waals surface area contributed by atoms with Crippen molar-refractivity contribution in [1.29, 1.82) is 0 Å². The molecule has 7 nitrogen and oxygen atoms in total. The molecular formula is C16H26N2O5S. The number of sulfonamides is 1. The van der Waals surface area contributed by atoms with E-state index >= 15 is 0 Å². The molecular weight excluding hydrogens is 332 g/mol. The van der Waals surface area contributed by atoms with Crippen molar-refractivity contribution in [3.8, 4) is 5.75 Å². The van der Waals surface area contributed by atoms with Crippen LogP contribution in [0.4, 0.5) is 5.69 Å². The summed E-state index contributed by atoms with van der Waals surface area (Å²) in [4.78, 5) is 11.7. The summed E-state index contributed by atoms with van der Waals surface area (Å²) in [6.45, 7) is 1.40. The lowest BCUT2D eigenvalue weighted by Gasteiger charge is -2.22. The molecule has 0 aliphatic carbocycles. The highest BCUT2D eigenvalue weighted by Gasteiger charge is 2.17. The number of carbonyl (C=O) groups is 1. The van der Waals surface area contributed by atoms with Gasteiger partial charge in [-0.2, -0.15) is 0 Å². The van der Waals surface area contributed by atoms with E-state index in [1.165, 1.54) is 4.31 Å². The molecule has 0 heterocycles. The lowest BCUT2D eigenvalue weighted by Crippen LogP contribution is -2.32. The van der Waals surface area contributed by atoms with Crippen LogP contribution in [0.25, 0.3) is 0 Å². The molecule has 0 saturated heterocycles. The molecule has 24 heavy (non-hydrogen) atoms. The number of carbonyl (C=O) groups excluding carboxylic acids is 1. The molecule has 136 valence electrons. The van der Waals surface area contributed by atoms with Gasteiger partial charge in [0.15, 0.2) is 0 Å². The van der Waals surface area contributed by atoms with Crippen LogP contribution in [0.3, 0.4) is 0 Å². The van der Waals surface area contributed by atoms with E-state index in [0.717, 1.165) is 12.7 Å². The fraction of sp³-hybridized carbons (Fsp3) is 0.562. The normalized spacial score (nSPS) is 11.1. The van der Waals surface area contributed by atoms with E-state index in [1.807, 2.05) is 0 Å². The number of rotatable bonds is 11. The highest BCUT2D eigenvalue weighted by molar-refractivity contribution is 7.92. The Morgan fingerprint density at radius 1 is 1.17 bits per heavy atom. The Kier molecular flexibility index (Phi) is 8.56. The minimum absolute atomic E-state index is 0.0886. The fourth-order valence-corrected chi connectivity index (χ4v) is 3.12. The molecule has 1 amide bonds. The number of benzene rings is 1. The van der Waals surface area contributed by atoms with E-state index in [-0.39, 0.29) is 18.9 Å². The molecule has 0 bridgehead atoms. The van der Waals surface area contributed by atoms with Gasteiger partial charge in [-0.25, -0.2) is 8.42 Å². The second kappa shape index (κ2) is 10.1. The fourth-order valence-electron chi connectivity index (χ4n) is 2.15. The van der Waals surface area contributed by atoms with Gasteiger partial charge < -0.3 is 14.8 Å². The van der Waals surface area contributed by atoms with Gasteiger partial charge >= 0.3 is 0 Å². The monoisotopic (exact) mass is 358 g/mol. The van der Waals surface area contributed by atoms with Crippen molar-refractivity contribution in [2.75, 3.05) is 44.5 Å². The standard InChI is InChI=1S/C16H26N2O5S/c1-22-13-5-11-17-16(19)6-4-12-18(24(3,20)21)14-7-9-15(23-2)10-8-14/h7-10H,4-6,11-13H2,1-3H3,(H,17,19). The zero-order chi connectivity index (χ0) is 18.0. The Hall–Kier alpha value is -1.80. The predicted molar refractivity (Wildman–Crippen MR) is 93.9 cm³/mol. The van der Waals surface area contributed by atoms with E-state index in [0.29, 0.717) is 31.0 Å². The lowest BCUT2D eigenvalue weighted by molar-refractivity contribution is -0.121. The van der Waals surface area contributed by atoms with E-state index in [2.05, 4.69) is 5.32 Å². The van der Waals surface area contributed by atoms with Gasteiger partial charge in [0.05, 0.1) is 19.1 Å². The maximum absolute atomic E-state index is 12.0. The van der Waals surface area contributed by atoms with Crippen LogP contribution in [0.15, 0.2) is 24.3 Å². The predicted octanol–water partition coefficient (Wildman–Crippen LogP) is 1.39. The number of hydrogen-bond donors (Lipinski definition) is 1. The second-order valence-corrected chi connectivity index (χ2v) is 7.24. The van der Waals surface area contributed by atoms with Crippen molar-refractivity contribution in [3.05, 3.63) is 24.3 Å². The van der Waals surface area contributed by atoms with Crippen LogP contribution in [0.1, 0.15) is 19.3 Å². The van der Waals surface area contributed by atoms with Crippen molar-refractivity contribution in [3.63, 3.8) is 0 Å². The van der Waals surface area contributed by atoms with Gasteiger partial charge in [0, 0.05) is 33.2 Å². The van der Waals surface area contributed by atoms with Gasteiger partial charge in [-0.1, -0.05) is 0 Å². The molecule has 0 spiro atoms. The number of ether oxygens (including phenoxy) is 2. The van der Waals surface area contributed by atoms with Gasteiger partial charge in [0.2, 0.25) is 15.9 Å². The van der Waals surface area contributed by atoms with Crippen LogP contribution in [-0.4, -0.2) is 54.5 Å². The van der Waals surface area contributed by atoms with Crippen LogP contribution in [0, 0.1) is 0 Å². The van der Waals surface area contributed by atoms with E-state index in [1.54, 1.807) is 38.5 Å². The summed E-state index contributed by atoms with van der Waals surface area (Å²) >= 11 is 0. The molecule has 0 aliphatic heterocycles. The largest absolute Gasteiger partial charge is 0.497 e. The molecule has 0 saturated carbocycles. The van der Waals surface area contributed by atoms with Gasteiger partial charge in [-0.05, 0) is 37.1 Å². The Morgan fingerprint density at radius 2 is 1.83 bits per heavy atom. The van der Waals surface area contributed by atoms with Crippen molar-refractivity contribution >= 4 is 21.6 Å². The first-order chi connectivity index (χ1) is 11.4. The third kappa shape index (κ3) is 7.18. The summed E-state index contributed by atoms with van der Waals surface area (Å²) in [5.41, 5.74) is 0.554. The second-order valence-electron chi connectivity index (χ2n) is 5.33. The maximum Gasteiger partial charge on any atom is 0.232 e. The smallest absolute Gasteiger partial charge is 0.232 e. The van der Waals surface area contributed by atoms with E-state index in [9.17, 15) is 13.2 Å². The van der Waals surface area contributed by atoms with Crippen LogP contribution in [0.2, 0.25) is 0 Å². The third-order valence-electron chi connectivity index (χ3n) is 3.37. The lowest BCUT2D eigenvalue weighted by atomic mass is 10.2. The van der Waals surface area contributed by atoms with Crippen LogP contribution >= 0.6 is 0 Å². The van der Waals surface area contributed by atoms with Gasteiger partial charge in [-0.15, -0.1) is 0 Å². The van der Waals surface area contributed by atoms with Crippen LogP contribution < -0.4 is 14.4 Å². The van der Waals surface area contributed by atoms with Crippen molar-refractivity contribution in [2.24, 2.45) is 0 Å². The minimum atomic E-state index is -3.42. The van der Waals surface area contributed by atoms with Gasteiger partial charge in [-0.3, -0.25) is 9.10 Å². The molecule has 0 aromatic heterocycles. The molecule has 0 unspecified atom stereocenters. The highest BCUT2D eigenvalue weighted by atomic mass is 32.2. The number of nitrogens with one attached hydrogen (secondary N) is 1. The molecule has 0 atom stereocenters. The summed E-state index contributed by atoms with van der Waals surface area (Å²) < 4.78 is 35.2. The molecule has 1 N–H and O–H groups in total.